The van der Waals surface area contributed by atoms with Gasteiger partial charge in [-0.15, -0.1) is 0 Å². The summed E-state index contributed by atoms with van der Waals surface area (Å²) in [6.07, 6.45) is 2.18. The van der Waals surface area contributed by atoms with E-state index in [2.05, 4.69) is 0 Å². The molecule has 23 heavy (non-hydrogen) atoms. The predicted octanol–water partition coefficient (Wildman–Crippen LogP) is 2.65. The van der Waals surface area contributed by atoms with Crippen molar-refractivity contribution in [2.75, 3.05) is 33.2 Å². The summed E-state index contributed by atoms with van der Waals surface area (Å²) in [5.41, 5.74) is -0.471. The maximum absolute atomic E-state index is 12.0. The van der Waals surface area contributed by atoms with E-state index in [0.717, 1.165) is 13.0 Å². The van der Waals surface area contributed by atoms with Crippen LogP contribution in [-0.2, 0) is 4.74 Å². The fourth-order valence-corrected chi connectivity index (χ4v) is 2.74. The van der Waals surface area contributed by atoms with Crippen molar-refractivity contribution in [3.63, 3.8) is 0 Å². The second-order valence-electron chi connectivity index (χ2n) is 7.18. The number of rotatable bonds is 5. The maximum atomic E-state index is 12.0. The number of likely N-dealkylation sites (N-methyl/N-ethyl adjacent to an activating group) is 1. The number of carbonyl (C=O) groups excluding carboxylic acids is 2. The average Bonchev–Trinajstić information content (AvgIpc) is 3.07. The molecule has 1 fully saturated rings. The molecule has 1 aromatic rings. The molecule has 1 aliphatic rings. The average molecular weight is 322 g/mol. The fraction of sp³-hybridized carbons (Fsp3) is 0.647. The number of likely N-dealkylation sites (tertiary alicyclic amines) is 1. The Balaban J connectivity index is 1.76. The molecule has 1 aromatic heterocycles. The standard InChI is InChI=1S/C17H26N2O4/c1-17(2,3)23-16(21)19-8-7-13(11-19)10-18(4)12-14(20)15-6-5-9-22-15/h5-6,9,13H,7-8,10-12H2,1-4H3/t13-/m1/s1. The van der Waals surface area contributed by atoms with Crippen LogP contribution >= 0.6 is 0 Å². The Morgan fingerprint density at radius 3 is 2.78 bits per heavy atom. The highest BCUT2D eigenvalue weighted by Gasteiger charge is 2.30. The Morgan fingerprint density at radius 1 is 1.43 bits per heavy atom. The van der Waals surface area contributed by atoms with Crippen LogP contribution in [0, 0.1) is 5.92 Å². The summed E-state index contributed by atoms with van der Waals surface area (Å²) in [6.45, 7) is 8.07. The third-order valence-electron chi connectivity index (χ3n) is 3.72. The molecule has 1 atom stereocenters. The van der Waals surface area contributed by atoms with E-state index in [4.69, 9.17) is 9.15 Å². The van der Waals surface area contributed by atoms with Gasteiger partial charge >= 0.3 is 6.09 Å². The van der Waals surface area contributed by atoms with Crippen LogP contribution in [0.2, 0.25) is 0 Å². The predicted molar refractivity (Wildman–Crippen MR) is 86.4 cm³/mol. The molecule has 6 nitrogen and oxygen atoms in total. The Bertz CT molecular complexity index is 533. The SMILES string of the molecule is CN(CC(=O)c1ccco1)C[C@H]1CCN(C(=O)OC(C)(C)C)C1. The number of carbonyl (C=O) groups is 2. The second kappa shape index (κ2) is 7.17. The van der Waals surface area contributed by atoms with Crippen LogP contribution in [0.5, 0.6) is 0 Å². The van der Waals surface area contributed by atoms with Crippen molar-refractivity contribution in [3.05, 3.63) is 24.2 Å². The van der Waals surface area contributed by atoms with Crippen LogP contribution in [0.4, 0.5) is 4.79 Å². The van der Waals surface area contributed by atoms with E-state index in [1.54, 1.807) is 17.0 Å². The minimum atomic E-state index is -0.471. The third-order valence-corrected chi connectivity index (χ3v) is 3.72. The van der Waals surface area contributed by atoms with Crippen molar-refractivity contribution < 1.29 is 18.7 Å². The molecule has 0 saturated carbocycles. The first-order valence-corrected chi connectivity index (χ1v) is 7.98. The number of amides is 1. The lowest BCUT2D eigenvalue weighted by Gasteiger charge is -2.25. The Morgan fingerprint density at radius 2 is 2.17 bits per heavy atom. The van der Waals surface area contributed by atoms with E-state index in [9.17, 15) is 9.59 Å². The highest BCUT2D eigenvalue weighted by molar-refractivity contribution is 5.94. The highest BCUT2D eigenvalue weighted by atomic mass is 16.6. The summed E-state index contributed by atoms with van der Waals surface area (Å²) in [4.78, 5) is 27.8. The molecule has 2 rings (SSSR count). The van der Waals surface area contributed by atoms with E-state index < -0.39 is 5.60 Å². The molecule has 128 valence electrons. The van der Waals surface area contributed by atoms with Gasteiger partial charge in [0.05, 0.1) is 12.8 Å². The molecule has 1 amide bonds. The van der Waals surface area contributed by atoms with Crippen LogP contribution in [0.15, 0.2) is 22.8 Å². The molecular weight excluding hydrogens is 296 g/mol. The molecule has 0 aromatic carbocycles. The van der Waals surface area contributed by atoms with Crippen molar-refractivity contribution in [2.45, 2.75) is 32.8 Å². The smallest absolute Gasteiger partial charge is 0.410 e. The number of ether oxygens (including phenoxy) is 1. The number of furan rings is 1. The zero-order valence-corrected chi connectivity index (χ0v) is 14.4. The van der Waals surface area contributed by atoms with E-state index >= 15 is 0 Å². The molecule has 0 N–H and O–H groups in total. The molecule has 6 heteroatoms. The normalized spacial score (nSPS) is 18.5. The van der Waals surface area contributed by atoms with E-state index in [1.807, 2.05) is 32.7 Å². The zero-order valence-electron chi connectivity index (χ0n) is 14.4. The molecule has 2 heterocycles. The number of hydrogen-bond donors (Lipinski definition) is 0. The highest BCUT2D eigenvalue weighted by Crippen LogP contribution is 2.20. The van der Waals surface area contributed by atoms with Crippen LogP contribution < -0.4 is 0 Å². The van der Waals surface area contributed by atoms with Gasteiger partial charge in [-0.2, -0.15) is 0 Å². The number of ketones is 1. The first-order chi connectivity index (χ1) is 10.7. The van der Waals surface area contributed by atoms with Crippen LogP contribution in [0.25, 0.3) is 0 Å². The van der Waals surface area contributed by atoms with Crippen LogP contribution in [-0.4, -0.2) is 60.5 Å². The fourth-order valence-electron chi connectivity index (χ4n) is 2.74. The molecule has 0 spiro atoms. The van der Waals surface area contributed by atoms with Crippen molar-refractivity contribution >= 4 is 11.9 Å². The summed E-state index contributed by atoms with van der Waals surface area (Å²) in [5.74, 6) is 0.718. The molecular formula is C17H26N2O4. The van der Waals surface area contributed by atoms with Crippen LogP contribution in [0.1, 0.15) is 37.7 Å². The third kappa shape index (κ3) is 5.39. The lowest BCUT2D eigenvalue weighted by Crippen LogP contribution is -2.36. The van der Waals surface area contributed by atoms with Gasteiger partial charge in [-0.1, -0.05) is 0 Å². The lowest BCUT2D eigenvalue weighted by molar-refractivity contribution is 0.0285. The van der Waals surface area contributed by atoms with Gasteiger partial charge in [0.2, 0.25) is 5.78 Å². The van der Waals surface area contributed by atoms with Gasteiger partial charge in [-0.3, -0.25) is 9.69 Å². The van der Waals surface area contributed by atoms with Gasteiger partial charge in [0.1, 0.15) is 5.60 Å². The summed E-state index contributed by atoms with van der Waals surface area (Å²) < 4.78 is 10.5. The van der Waals surface area contributed by atoms with Crippen LogP contribution in [0.3, 0.4) is 0 Å². The summed E-state index contributed by atoms with van der Waals surface area (Å²) in [6, 6.07) is 3.39. The van der Waals surface area contributed by atoms with Crippen molar-refractivity contribution in [1.82, 2.24) is 9.80 Å². The van der Waals surface area contributed by atoms with E-state index in [-0.39, 0.29) is 11.9 Å². The van der Waals surface area contributed by atoms with Crippen molar-refractivity contribution in [1.29, 1.82) is 0 Å². The quantitative estimate of drug-likeness (QED) is 0.780. The topological polar surface area (TPSA) is 63.0 Å². The minimum Gasteiger partial charge on any atom is -0.461 e. The molecule has 0 bridgehead atoms. The molecule has 1 aliphatic heterocycles. The maximum Gasteiger partial charge on any atom is 0.410 e. The Hall–Kier alpha value is -1.82. The van der Waals surface area contributed by atoms with E-state index in [1.165, 1.54) is 6.26 Å². The monoisotopic (exact) mass is 322 g/mol. The van der Waals surface area contributed by atoms with Crippen molar-refractivity contribution in [2.24, 2.45) is 5.92 Å². The molecule has 0 unspecified atom stereocenters. The number of nitrogens with zero attached hydrogens (tertiary/aromatic N) is 2. The molecule has 0 radical (unpaired) electrons. The first-order valence-electron chi connectivity index (χ1n) is 7.98. The van der Waals surface area contributed by atoms with Gasteiger partial charge in [-0.05, 0) is 52.3 Å². The summed E-state index contributed by atoms with van der Waals surface area (Å²) in [7, 11) is 1.91. The van der Waals surface area contributed by atoms with Gasteiger partial charge in [-0.25, -0.2) is 4.79 Å². The number of hydrogen-bond acceptors (Lipinski definition) is 5. The Kier molecular flexibility index (Phi) is 5.46. The van der Waals surface area contributed by atoms with Gasteiger partial charge in [0.25, 0.3) is 0 Å². The zero-order chi connectivity index (χ0) is 17.0. The number of Topliss-reactive ketones (excluding diaryl/α,β-unsaturated/α-hetero) is 1. The van der Waals surface area contributed by atoms with Crippen molar-refractivity contribution in [3.8, 4) is 0 Å². The summed E-state index contributed by atoms with van der Waals surface area (Å²) in [5, 5.41) is 0. The van der Waals surface area contributed by atoms with Gasteiger partial charge in [0, 0.05) is 19.6 Å². The first kappa shape index (κ1) is 17.5. The Labute approximate surface area is 137 Å². The minimum absolute atomic E-state index is 0.0282. The lowest BCUT2D eigenvalue weighted by atomic mass is 10.1. The largest absolute Gasteiger partial charge is 0.461 e. The second-order valence-corrected chi connectivity index (χ2v) is 7.18. The van der Waals surface area contributed by atoms with E-state index in [0.29, 0.717) is 31.3 Å². The molecule has 1 saturated heterocycles. The van der Waals surface area contributed by atoms with Gasteiger partial charge < -0.3 is 14.1 Å². The summed E-state index contributed by atoms with van der Waals surface area (Å²) >= 11 is 0. The van der Waals surface area contributed by atoms with Gasteiger partial charge in [0.15, 0.2) is 5.76 Å². The molecule has 0 aliphatic carbocycles.